The fourth-order valence-electron chi connectivity index (χ4n) is 4.65. The molecule has 1 aliphatic heterocycles. The van der Waals surface area contributed by atoms with Crippen LogP contribution in [0.4, 0.5) is 0 Å². The van der Waals surface area contributed by atoms with E-state index in [0.717, 1.165) is 12.8 Å². The molecule has 0 saturated heterocycles. The molecule has 3 rings (SSSR count). The van der Waals surface area contributed by atoms with Gasteiger partial charge in [-0.15, -0.1) is 0 Å². The lowest BCUT2D eigenvalue weighted by molar-refractivity contribution is -0.0369. The van der Waals surface area contributed by atoms with Crippen LogP contribution in [0.3, 0.4) is 0 Å². The second kappa shape index (κ2) is 4.27. The van der Waals surface area contributed by atoms with Crippen LogP contribution in [0, 0.1) is 17.3 Å². The van der Waals surface area contributed by atoms with Crippen molar-refractivity contribution in [3.8, 4) is 5.75 Å². The van der Waals surface area contributed by atoms with Crippen molar-refractivity contribution in [2.75, 3.05) is 0 Å². The first kappa shape index (κ1) is 13.5. The van der Waals surface area contributed by atoms with Crippen molar-refractivity contribution in [2.24, 2.45) is 17.3 Å². The summed E-state index contributed by atoms with van der Waals surface area (Å²) in [6, 6.07) is 1.71. The van der Waals surface area contributed by atoms with Gasteiger partial charge in [0.2, 0.25) is 0 Å². The Hall–Kier alpha value is -1.45. The van der Waals surface area contributed by atoms with E-state index in [2.05, 4.69) is 27.7 Å². The SMILES string of the molecule is C[C@@H]1C[C@H](C)[C@H]2c3c(ccn(O)c3=O)O[C@H](C)[C@@]2(C)C1. The van der Waals surface area contributed by atoms with Crippen molar-refractivity contribution in [1.29, 1.82) is 0 Å². The third-order valence-electron chi connectivity index (χ3n) is 5.46. The van der Waals surface area contributed by atoms with Crippen LogP contribution in [0.5, 0.6) is 5.75 Å². The van der Waals surface area contributed by atoms with Crippen LogP contribution in [0.25, 0.3) is 0 Å². The highest BCUT2D eigenvalue weighted by Gasteiger charge is 2.52. The molecule has 2 heterocycles. The first-order chi connectivity index (χ1) is 9.34. The van der Waals surface area contributed by atoms with E-state index >= 15 is 0 Å². The fraction of sp³-hybridized carbons (Fsp3) is 0.688. The Morgan fingerprint density at radius 3 is 2.80 bits per heavy atom. The van der Waals surface area contributed by atoms with E-state index in [4.69, 9.17) is 4.74 Å². The molecule has 4 heteroatoms. The largest absolute Gasteiger partial charge is 0.490 e. The van der Waals surface area contributed by atoms with Crippen molar-refractivity contribution >= 4 is 0 Å². The van der Waals surface area contributed by atoms with Crippen LogP contribution < -0.4 is 10.3 Å². The van der Waals surface area contributed by atoms with Gasteiger partial charge in [0.25, 0.3) is 5.56 Å². The summed E-state index contributed by atoms with van der Waals surface area (Å²) in [6.07, 6.45) is 3.63. The number of pyridine rings is 1. The number of ether oxygens (including phenoxy) is 1. The molecule has 1 fully saturated rings. The number of rotatable bonds is 0. The highest BCUT2D eigenvalue weighted by Crippen LogP contribution is 2.57. The average molecular weight is 277 g/mol. The molecule has 0 amide bonds. The molecular formula is C16H23NO3. The third-order valence-corrected chi connectivity index (χ3v) is 5.46. The van der Waals surface area contributed by atoms with Crippen molar-refractivity contribution in [3.05, 3.63) is 28.2 Å². The Bertz CT molecular complexity index is 594. The summed E-state index contributed by atoms with van der Waals surface area (Å²) >= 11 is 0. The Balaban J connectivity index is 2.22. The zero-order valence-corrected chi connectivity index (χ0v) is 12.6. The maximum Gasteiger partial charge on any atom is 0.290 e. The van der Waals surface area contributed by atoms with Gasteiger partial charge in [-0.05, 0) is 31.6 Å². The van der Waals surface area contributed by atoms with Gasteiger partial charge in [0.05, 0.1) is 11.8 Å². The number of fused-ring (bicyclic) bond motifs is 3. The van der Waals surface area contributed by atoms with Crippen molar-refractivity contribution < 1.29 is 9.94 Å². The van der Waals surface area contributed by atoms with Crippen molar-refractivity contribution in [2.45, 2.75) is 52.6 Å². The van der Waals surface area contributed by atoms with Crippen LogP contribution in [0.1, 0.15) is 52.0 Å². The highest BCUT2D eigenvalue weighted by atomic mass is 16.5. The first-order valence-electron chi connectivity index (χ1n) is 7.46. The van der Waals surface area contributed by atoms with E-state index in [-0.39, 0.29) is 23.0 Å². The van der Waals surface area contributed by atoms with Gasteiger partial charge in [-0.25, -0.2) is 0 Å². The van der Waals surface area contributed by atoms with Gasteiger partial charge in [-0.1, -0.05) is 20.8 Å². The molecule has 0 unspecified atom stereocenters. The van der Waals surface area contributed by atoms with Gasteiger partial charge in [-0.2, -0.15) is 4.73 Å². The number of hydrogen-bond donors (Lipinski definition) is 1. The fourth-order valence-corrected chi connectivity index (χ4v) is 4.65. The molecule has 0 bridgehead atoms. The first-order valence-corrected chi connectivity index (χ1v) is 7.46. The van der Waals surface area contributed by atoms with Gasteiger partial charge in [0, 0.05) is 17.4 Å². The zero-order chi connectivity index (χ0) is 14.7. The molecule has 2 aliphatic rings. The third kappa shape index (κ3) is 1.70. The molecule has 0 spiro atoms. The van der Waals surface area contributed by atoms with Crippen molar-refractivity contribution in [1.82, 2.24) is 4.73 Å². The van der Waals surface area contributed by atoms with Crippen molar-refractivity contribution in [3.63, 3.8) is 0 Å². The molecular weight excluding hydrogens is 254 g/mol. The maximum atomic E-state index is 12.4. The Morgan fingerprint density at radius 1 is 1.40 bits per heavy atom. The Morgan fingerprint density at radius 2 is 2.10 bits per heavy atom. The van der Waals surface area contributed by atoms with Crippen LogP contribution in [0.15, 0.2) is 17.1 Å². The zero-order valence-electron chi connectivity index (χ0n) is 12.6. The smallest absolute Gasteiger partial charge is 0.290 e. The summed E-state index contributed by atoms with van der Waals surface area (Å²) in [6.45, 7) is 8.82. The van der Waals surface area contributed by atoms with Crippen LogP contribution in [-0.4, -0.2) is 16.0 Å². The predicted octanol–water partition coefficient (Wildman–Crippen LogP) is 3.02. The quantitative estimate of drug-likeness (QED) is 0.742. The van der Waals surface area contributed by atoms with E-state index in [9.17, 15) is 10.0 Å². The minimum absolute atomic E-state index is 0.0441. The van der Waals surface area contributed by atoms with Gasteiger partial charge in [-0.3, -0.25) is 4.79 Å². The molecule has 110 valence electrons. The second-order valence-corrected chi connectivity index (χ2v) is 7.01. The molecule has 1 saturated carbocycles. The lowest BCUT2D eigenvalue weighted by Gasteiger charge is -2.53. The standard InChI is InChI=1S/C16H23NO3/c1-9-7-10(2)14-13-12(5-6-17(19)15(13)18)20-11(3)16(14,4)8-9/h5-6,9-11,14,19H,7-8H2,1-4H3/t9-,10+,11-,14+,16-/m1/s1. The van der Waals surface area contributed by atoms with Gasteiger partial charge in [0.15, 0.2) is 0 Å². The summed E-state index contributed by atoms with van der Waals surface area (Å²) in [5.41, 5.74) is 0.291. The highest BCUT2D eigenvalue weighted by molar-refractivity contribution is 5.39. The van der Waals surface area contributed by atoms with Crippen LogP contribution in [-0.2, 0) is 0 Å². The summed E-state index contributed by atoms with van der Waals surface area (Å²) in [5, 5.41) is 9.70. The molecule has 4 nitrogen and oxygen atoms in total. The monoisotopic (exact) mass is 277 g/mol. The molecule has 1 aromatic rings. The predicted molar refractivity (Wildman–Crippen MR) is 76.4 cm³/mol. The minimum atomic E-state index is -0.327. The summed E-state index contributed by atoms with van der Waals surface area (Å²) in [7, 11) is 0. The molecule has 0 aromatic carbocycles. The maximum absolute atomic E-state index is 12.4. The molecule has 5 atom stereocenters. The number of aromatic nitrogens is 1. The Labute approximate surface area is 119 Å². The Kier molecular flexibility index (Phi) is 2.89. The molecule has 1 aromatic heterocycles. The molecule has 20 heavy (non-hydrogen) atoms. The molecule has 1 N–H and O–H groups in total. The van der Waals surface area contributed by atoms with Gasteiger partial charge in [0.1, 0.15) is 11.9 Å². The van der Waals surface area contributed by atoms with E-state index in [1.165, 1.54) is 6.20 Å². The summed E-state index contributed by atoms with van der Waals surface area (Å²) in [4.78, 5) is 12.4. The summed E-state index contributed by atoms with van der Waals surface area (Å²) < 4.78 is 6.70. The second-order valence-electron chi connectivity index (χ2n) is 7.01. The lowest BCUT2D eigenvalue weighted by Crippen LogP contribution is -2.51. The molecule has 1 aliphatic carbocycles. The van der Waals surface area contributed by atoms with E-state index in [0.29, 0.717) is 27.9 Å². The molecule has 0 radical (unpaired) electrons. The average Bonchev–Trinajstić information content (AvgIpc) is 2.35. The van der Waals surface area contributed by atoms with E-state index < -0.39 is 0 Å². The lowest BCUT2D eigenvalue weighted by atomic mass is 9.55. The number of hydrogen-bond acceptors (Lipinski definition) is 3. The van der Waals surface area contributed by atoms with Crippen LogP contribution in [0.2, 0.25) is 0 Å². The van der Waals surface area contributed by atoms with E-state index in [1.54, 1.807) is 6.07 Å². The van der Waals surface area contributed by atoms with Gasteiger partial charge < -0.3 is 9.94 Å². The topological polar surface area (TPSA) is 51.5 Å². The van der Waals surface area contributed by atoms with E-state index in [1.807, 2.05) is 0 Å². The van der Waals surface area contributed by atoms with Gasteiger partial charge >= 0.3 is 0 Å². The summed E-state index contributed by atoms with van der Waals surface area (Å²) in [5.74, 6) is 1.86. The normalized spacial score (nSPS) is 39.6. The number of nitrogens with zero attached hydrogens (tertiary/aromatic N) is 1. The van der Waals surface area contributed by atoms with Crippen LogP contribution >= 0.6 is 0 Å². The minimum Gasteiger partial charge on any atom is -0.490 e.